The van der Waals surface area contributed by atoms with Gasteiger partial charge in [0.25, 0.3) is 0 Å². The lowest BCUT2D eigenvalue weighted by atomic mass is 10.00. The average molecular weight is 287 g/mol. The maximum absolute atomic E-state index is 4.67. The molecule has 0 N–H and O–H groups in total. The van der Waals surface area contributed by atoms with E-state index in [9.17, 15) is 0 Å². The summed E-state index contributed by atoms with van der Waals surface area (Å²) in [5.74, 6) is 1.73. The van der Waals surface area contributed by atoms with E-state index in [0.717, 1.165) is 24.9 Å². The van der Waals surface area contributed by atoms with Crippen molar-refractivity contribution < 1.29 is 0 Å². The Morgan fingerprint density at radius 3 is 2.29 bits per heavy atom. The molecule has 2 aliphatic heterocycles. The van der Waals surface area contributed by atoms with Gasteiger partial charge in [0, 0.05) is 25.3 Å². The van der Waals surface area contributed by atoms with Crippen LogP contribution in [0.1, 0.15) is 57.4 Å². The van der Waals surface area contributed by atoms with Crippen LogP contribution in [0.2, 0.25) is 0 Å². The summed E-state index contributed by atoms with van der Waals surface area (Å²) in [6.45, 7) is 9.42. The van der Waals surface area contributed by atoms with Crippen molar-refractivity contribution in [3.05, 3.63) is 23.9 Å². The van der Waals surface area contributed by atoms with Crippen LogP contribution >= 0.6 is 0 Å². The van der Waals surface area contributed by atoms with E-state index >= 15 is 0 Å². The standard InChI is InChI=1S/C18H29N3/c1-15(2)16-6-7-18(19-14-16)21-12-8-17(9-13-21)20-10-4-3-5-11-20/h6-7,14-15,17H,3-5,8-13H2,1-2H3. The second kappa shape index (κ2) is 6.78. The number of anilines is 1. The second-order valence-corrected chi connectivity index (χ2v) is 6.92. The summed E-state index contributed by atoms with van der Waals surface area (Å²) in [7, 11) is 0. The van der Waals surface area contributed by atoms with Crippen molar-refractivity contribution in [1.29, 1.82) is 0 Å². The summed E-state index contributed by atoms with van der Waals surface area (Å²) in [6, 6.07) is 5.26. The van der Waals surface area contributed by atoms with Gasteiger partial charge < -0.3 is 9.80 Å². The molecule has 0 bridgehead atoms. The molecule has 0 atom stereocenters. The quantitative estimate of drug-likeness (QED) is 0.846. The highest BCUT2D eigenvalue weighted by atomic mass is 15.2. The number of aromatic nitrogens is 1. The van der Waals surface area contributed by atoms with Crippen LogP contribution in [0.15, 0.2) is 18.3 Å². The van der Waals surface area contributed by atoms with E-state index in [4.69, 9.17) is 0 Å². The van der Waals surface area contributed by atoms with Crippen LogP contribution in [-0.2, 0) is 0 Å². The Labute approximate surface area is 129 Å². The van der Waals surface area contributed by atoms with Crippen molar-refractivity contribution >= 4 is 5.82 Å². The molecule has 21 heavy (non-hydrogen) atoms. The summed E-state index contributed by atoms with van der Waals surface area (Å²) in [4.78, 5) is 9.87. The summed E-state index contributed by atoms with van der Waals surface area (Å²) in [6.07, 6.45) is 8.89. The van der Waals surface area contributed by atoms with Crippen LogP contribution in [0.25, 0.3) is 0 Å². The third-order valence-electron chi connectivity index (χ3n) is 5.13. The summed E-state index contributed by atoms with van der Waals surface area (Å²) in [5, 5.41) is 0. The van der Waals surface area contributed by atoms with E-state index in [0.29, 0.717) is 5.92 Å². The fraction of sp³-hybridized carbons (Fsp3) is 0.722. The zero-order valence-corrected chi connectivity index (χ0v) is 13.6. The van der Waals surface area contributed by atoms with Crippen LogP contribution < -0.4 is 4.90 Å². The molecule has 0 unspecified atom stereocenters. The van der Waals surface area contributed by atoms with Crippen LogP contribution in [0, 0.1) is 0 Å². The van der Waals surface area contributed by atoms with Crippen molar-refractivity contribution in [1.82, 2.24) is 9.88 Å². The van der Waals surface area contributed by atoms with Crippen LogP contribution in [0.3, 0.4) is 0 Å². The highest BCUT2D eigenvalue weighted by Gasteiger charge is 2.25. The zero-order chi connectivity index (χ0) is 14.7. The number of piperidine rings is 2. The summed E-state index contributed by atoms with van der Waals surface area (Å²) >= 11 is 0. The molecule has 2 fully saturated rings. The largest absolute Gasteiger partial charge is 0.357 e. The molecule has 0 radical (unpaired) electrons. The van der Waals surface area contributed by atoms with E-state index < -0.39 is 0 Å². The van der Waals surface area contributed by atoms with Gasteiger partial charge in [-0.05, 0) is 56.3 Å². The molecule has 0 aliphatic carbocycles. The minimum Gasteiger partial charge on any atom is -0.357 e. The van der Waals surface area contributed by atoms with Crippen LogP contribution in [0.5, 0.6) is 0 Å². The number of likely N-dealkylation sites (tertiary alicyclic amines) is 1. The topological polar surface area (TPSA) is 19.4 Å². The first-order valence-corrected chi connectivity index (χ1v) is 8.69. The highest BCUT2D eigenvalue weighted by Crippen LogP contribution is 2.24. The number of pyridine rings is 1. The fourth-order valence-corrected chi connectivity index (χ4v) is 3.67. The van der Waals surface area contributed by atoms with Crippen molar-refractivity contribution in [3.63, 3.8) is 0 Å². The Kier molecular flexibility index (Phi) is 4.79. The molecule has 2 saturated heterocycles. The lowest BCUT2D eigenvalue weighted by molar-refractivity contribution is 0.141. The number of rotatable bonds is 3. The van der Waals surface area contributed by atoms with E-state index in [1.54, 1.807) is 0 Å². The van der Waals surface area contributed by atoms with Gasteiger partial charge in [0.05, 0.1) is 0 Å². The Hall–Kier alpha value is -1.09. The Bertz CT molecular complexity index is 426. The molecular weight excluding hydrogens is 258 g/mol. The first kappa shape index (κ1) is 14.8. The maximum Gasteiger partial charge on any atom is 0.128 e. The molecule has 3 rings (SSSR count). The zero-order valence-electron chi connectivity index (χ0n) is 13.6. The van der Waals surface area contributed by atoms with Gasteiger partial charge in [0.2, 0.25) is 0 Å². The highest BCUT2D eigenvalue weighted by molar-refractivity contribution is 5.40. The van der Waals surface area contributed by atoms with Gasteiger partial charge in [0.1, 0.15) is 5.82 Å². The minimum absolute atomic E-state index is 0.566. The monoisotopic (exact) mass is 287 g/mol. The van der Waals surface area contributed by atoms with E-state index in [1.165, 1.54) is 50.8 Å². The molecule has 1 aromatic heterocycles. The van der Waals surface area contributed by atoms with Gasteiger partial charge in [-0.25, -0.2) is 4.98 Å². The molecule has 3 heterocycles. The van der Waals surface area contributed by atoms with Crippen LogP contribution in [0.4, 0.5) is 5.82 Å². The summed E-state index contributed by atoms with van der Waals surface area (Å²) in [5.41, 5.74) is 1.34. The lowest BCUT2D eigenvalue weighted by Gasteiger charge is -2.40. The van der Waals surface area contributed by atoms with E-state index in [1.807, 2.05) is 0 Å². The lowest BCUT2D eigenvalue weighted by Crippen LogP contribution is -2.46. The van der Waals surface area contributed by atoms with E-state index in [2.05, 4.69) is 47.0 Å². The first-order valence-electron chi connectivity index (χ1n) is 8.69. The molecule has 3 nitrogen and oxygen atoms in total. The van der Waals surface area contributed by atoms with E-state index in [-0.39, 0.29) is 0 Å². The predicted octanol–water partition coefficient (Wildman–Crippen LogP) is 3.66. The molecule has 0 saturated carbocycles. The van der Waals surface area contributed by atoms with Gasteiger partial charge in [-0.3, -0.25) is 0 Å². The van der Waals surface area contributed by atoms with Crippen LogP contribution in [-0.4, -0.2) is 42.1 Å². The average Bonchev–Trinajstić information content (AvgIpc) is 2.56. The normalized spacial score (nSPS) is 22.0. The number of nitrogens with zero attached hydrogens (tertiary/aromatic N) is 3. The molecule has 0 amide bonds. The first-order chi connectivity index (χ1) is 10.2. The molecule has 0 spiro atoms. The van der Waals surface area contributed by atoms with Gasteiger partial charge >= 0.3 is 0 Å². The van der Waals surface area contributed by atoms with Gasteiger partial charge in [-0.2, -0.15) is 0 Å². The third kappa shape index (κ3) is 3.57. The number of hydrogen-bond donors (Lipinski definition) is 0. The minimum atomic E-state index is 0.566. The molecule has 1 aromatic rings. The number of hydrogen-bond acceptors (Lipinski definition) is 3. The summed E-state index contributed by atoms with van der Waals surface area (Å²) < 4.78 is 0. The maximum atomic E-state index is 4.67. The smallest absolute Gasteiger partial charge is 0.128 e. The SMILES string of the molecule is CC(C)c1ccc(N2CCC(N3CCCCC3)CC2)nc1. The van der Waals surface area contributed by atoms with Crippen molar-refractivity contribution in [2.75, 3.05) is 31.1 Å². The molecule has 2 aliphatic rings. The van der Waals surface area contributed by atoms with Crippen molar-refractivity contribution in [2.24, 2.45) is 0 Å². The predicted molar refractivity (Wildman–Crippen MR) is 89.0 cm³/mol. The van der Waals surface area contributed by atoms with Gasteiger partial charge in [-0.1, -0.05) is 26.3 Å². The second-order valence-electron chi connectivity index (χ2n) is 6.92. The Balaban J connectivity index is 1.55. The molecule has 116 valence electrons. The Morgan fingerprint density at radius 2 is 1.71 bits per heavy atom. The van der Waals surface area contributed by atoms with Crippen molar-refractivity contribution in [3.8, 4) is 0 Å². The van der Waals surface area contributed by atoms with Gasteiger partial charge in [0.15, 0.2) is 0 Å². The molecule has 3 heteroatoms. The molecular formula is C18H29N3. The fourth-order valence-electron chi connectivity index (χ4n) is 3.67. The third-order valence-corrected chi connectivity index (χ3v) is 5.13. The Morgan fingerprint density at radius 1 is 1.00 bits per heavy atom. The van der Waals surface area contributed by atoms with Gasteiger partial charge in [-0.15, -0.1) is 0 Å². The van der Waals surface area contributed by atoms with Crippen molar-refractivity contribution in [2.45, 2.75) is 57.9 Å². The molecule has 0 aromatic carbocycles.